The maximum absolute atomic E-state index is 12.5. The van der Waals surface area contributed by atoms with Gasteiger partial charge in [-0.3, -0.25) is 10.2 Å². The lowest BCUT2D eigenvalue weighted by Gasteiger charge is -2.43. The van der Waals surface area contributed by atoms with Crippen LogP contribution in [-0.4, -0.2) is 24.0 Å². The van der Waals surface area contributed by atoms with Crippen molar-refractivity contribution in [2.24, 2.45) is 0 Å². The molecule has 1 fully saturated rings. The van der Waals surface area contributed by atoms with Gasteiger partial charge in [-0.05, 0) is 23.8 Å². The number of hydrogen-bond acceptors (Lipinski definition) is 2. The summed E-state index contributed by atoms with van der Waals surface area (Å²) in [4.78, 5) is 14.3. The molecule has 1 saturated heterocycles. The molecule has 5 heteroatoms. The van der Waals surface area contributed by atoms with Crippen LogP contribution in [0.2, 0.25) is 0 Å². The number of hydrogen-bond donors (Lipinski definition) is 2. The molecule has 0 saturated carbocycles. The summed E-state index contributed by atoms with van der Waals surface area (Å²) in [5.41, 5.74) is 2.43. The minimum atomic E-state index is -0.581. The third-order valence-corrected chi connectivity index (χ3v) is 4.66. The number of carbonyl (C=O) groups is 1. The first-order valence-electron chi connectivity index (χ1n) is 6.91. The average Bonchev–Trinajstić information content (AvgIpc) is 2.96. The van der Waals surface area contributed by atoms with E-state index in [4.69, 9.17) is 0 Å². The highest BCUT2D eigenvalue weighted by atomic mass is 79.9. The van der Waals surface area contributed by atoms with Gasteiger partial charge in [-0.1, -0.05) is 46.3 Å². The number of benzene rings is 2. The SMILES string of the molecule is O=C1Nc2ccc(Br)cc2C2(c3ccccc3)NCCN12. The molecule has 2 amide bonds. The van der Waals surface area contributed by atoms with Gasteiger partial charge >= 0.3 is 6.03 Å². The van der Waals surface area contributed by atoms with Gasteiger partial charge in [-0.15, -0.1) is 0 Å². The van der Waals surface area contributed by atoms with Crippen LogP contribution in [0, 0.1) is 0 Å². The largest absolute Gasteiger partial charge is 0.323 e. The van der Waals surface area contributed by atoms with Crippen molar-refractivity contribution in [1.29, 1.82) is 0 Å². The van der Waals surface area contributed by atoms with Gasteiger partial charge in [0.2, 0.25) is 0 Å². The molecule has 106 valence electrons. The van der Waals surface area contributed by atoms with E-state index >= 15 is 0 Å². The van der Waals surface area contributed by atoms with Gasteiger partial charge in [0.15, 0.2) is 0 Å². The number of carbonyl (C=O) groups excluding carboxylic acids is 1. The predicted octanol–water partition coefficient (Wildman–Crippen LogP) is 3.10. The van der Waals surface area contributed by atoms with Crippen LogP contribution in [0.4, 0.5) is 10.5 Å². The standard InChI is InChI=1S/C16H14BrN3O/c17-12-6-7-14-13(10-12)16(11-4-2-1-3-5-11)18-8-9-20(16)15(21)19-14/h1-7,10,18H,8-9H2,(H,19,21). The highest BCUT2D eigenvalue weighted by molar-refractivity contribution is 9.10. The Morgan fingerprint density at radius 1 is 1.14 bits per heavy atom. The Morgan fingerprint density at radius 3 is 2.76 bits per heavy atom. The minimum Gasteiger partial charge on any atom is -0.307 e. The summed E-state index contributed by atoms with van der Waals surface area (Å²) >= 11 is 3.54. The summed E-state index contributed by atoms with van der Waals surface area (Å²) in [6, 6.07) is 16.0. The molecule has 0 spiro atoms. The van der Waals surface area contributed by atoms with Gasteiger partial charge in [-0.2, -0.15) is 0 Å². The summed E-state index contributed by atoms with van der Waals surface area (Å²) in [7, 11) is 0. The quantitative estimate of drug-likeness (QED) is 0.835. The number of urea groups is 1. The molecule has 0 bridgehead atoms. The van der Waals surface area contributed by atoms with Crippen LogP contribution >= 0.6 is 15.9 Å². The second-order valence-electron chi connectivity index (χ2n) is 5.27. The van der Waals surface area contributed by atoms with Gasteiger partial charge in [0, 0.05) is 28.8 Å². The van der Waals surface area contributed by atoms with Crippen LogP contribution in [0.25, 0.3) is 0 Å². The number of anilines is 1. The maximum Gasteiger partial charge on any atom is 0.323 e. The Hall–Kier alpha value is -1.85. The molecule has 2 aliphatic rings. The number of nitrogens with zero attached hydrogens (tertiary/aromatic N) is 1. The first-order chi connectivity index (χ1) is 10.2. The highest BCUT2D eigenvalue weighted by Crippen LogP contribution is 2.44. The van der Waals surface area contributed by atoms with Crippen molar-refractivity contribution in [2.45, 2.75) is 5.66 Å². The van der Waals surface area contributed by atoms with Crippen LogP contribution in [0.15, 0.2) is 53.0 Å². The van der Waals surface area contributed by atoms with Crippen molar-refractivity contribution in [3.8, 4) is 0 Å². The topological polar surface area (TPSA) is 44.4 Å². The Kier molecular flexibility index (Phi) is 2.80. The average molecular weight is 344 g/mol. The molecule has 1 unspecified atom stereocenters. The summed E-state index contributed by atoms with van der Waals surface area (Å²) in [6.07, 6.45) is 0. The van der Waals surface area contributed by atoms with Crippen molar-refractivity contribution in [3.05, 3.63) is 64.1 Å². The van der Waals surface area contributed by atoms with E-state index in [2.05, 4.69) is 44.8 Å². The normalized spacial score (nSPS) is 23.5. The summed E-state index contributed by atoms with van der Waals surface area (Å²) in [5, 5.41) is 6.53. The third-order valence-electron chi connectivity index (χ3n) is 4.17. The first kappa shape index (κ1) is 12.9. The molecule has 0 aliphatic carbocycles. The van der Waals surface area contributed by atoms with Crippen molar-refractivity contribution < 1.29 is 4.79 Å². The zero-order valence-electron chi connectivity index (χ0n) is 11.3. The molecular formula is C16H14BrN3O. The second kappa shape index (κ2) is 4.58. The van der Waals surface area contributed by atoms with Gasteiger partial charge < -0.3 is 5.32 Å². The van der Waals surface area contributed by atoms with E-state index in [1.807, 2.05) is 35.2 Å². The van der Waals surface area contributed by atoms with Crippen molar-refractivity contribution in [1.82, 2.24) is 10.2 Å². The van der Waals surface area contributed by atoms with E-state index in [1.165, 1.54) is 0 Å². The molecule has 2 N–H and O–H groups in total. The lowest BCUT2D eigenvalue weighted by molar-refractivity contribution is 0.165. The van der Waals surface area contributed by atoms with Crippen LogP contribution in [0.5, 0.6) is 0 Å². The van der Waals surface area contributed by atoms with Crippen LogP contribution in [0.1, 0.15) is 11.1 Å². The van der Waals surface area contributed by atoms with Crippen molar-refractivity contribution in [2.75, 3.05) is 18.4 Å². The molecule has 4 nitrogen and oxygen atoms in total. The van der Waals surface area contributed by atoms with Gasteiger partial charge in [0.05, 0.1) is 0 Å². The minimum absolute atomic E-state index is 0.0568. The van der Waals surface area contributed by atoms with Gasteiger partial charge in [-0.25, -0.2) is 4.79 Å². The number of rotatable bonds is 1. The maximum atomic E-state index is 12.5. The molecule has 4 rings (SSSR count). The molecular weight excluding hydrogens is 330 g/mol. The summed E-state index contributed by atoms with van der Waals surface area (Å²) in [5.74, 6) is 0. The predicted molar refractivity (Wildman–Crippen MR) is 85.1 cm³/mol. The Balaban J connectivity index is 2.02. The number of halogens is 1. The van der Waals surface area contributed by atoms with Gasteiger partial charge in [0.25, 0.3) is 0 Å². The third kappa shape index (κ3) is 1.74. The van der Waals surface area contributed by atoms with E-state index in [1.54, 1.807) is 0 Å². The smallest absolute Gasteiger partial charge is 0.307 e. The molecule has 2 heterocycles. The Morgan fingerprint density at radius 2 is 1.95 bits per heavy atom. The van der Waals surface area contributed by atoms with E-state index in [-0.39, 0.29) is 6.03 Å². The molecule has 2 aromatic rings. The molecule has 2 aromatic carbocycles. The second-order valence-corrected chi connectivity index (χ2v) is 6.19. The van der Waals surface area contributed by atoms with E-state index in [0.717, 1.165) is 27.8 Å². The molecule has 1 atom stereocenters. The number of fused-ring (bicyclic) bond motifs is 3. The number of nitrogens with one attached hydrogen (secondary N) is 2. The molecule has 0 aromatic heterocycles. The first-order valence-corrected chi connectivity index (χ1v) is 7.70. The van der Waals surface area contributed by atoms with Crippen molar-refractivity contribution >= 4 is 27.6 Å². The van der Waals surface area contributed by atoms with Crippen LogP contribution in [0.3, 0.4) is 0 Å². The summed E-state index contributed by atoms with van der Waals surface area (Å²) < 4.78 is 1.00. The lowest BCUT2D eigenvalue weighted by Crippen LogP contribution is -2.56. The van der Waals surface area contributed by atoms with E-state index in [0.29, 0.717) is 6.54 Å². The summed E-state index contributed by atoms with van der Waals surface area (Å²) in [6.45, 7) is 1.46. The van der Waals surface area contributed by atoms with Crippen molar-refractivity contribution in [3.63, 3.8) is 0 Å². The molecule has 21 heavy (non-hydrogen) atoms. The Labute approximate surface area is 131 Å². The highest BCUT2D eigenvalue weighted by Gasteiger charge is 2.50. The molecule has 2 aliphatic heterocycles. The zero-order chi connectivity index (χ0) is 14.4. The Bertz CT molecular complexity index is 719. The van der Waals surface area contributed by atoms with E-state index in [9.17, 15) is 4.79 Å². The monoisotopic (exact) mass is 343 g/mol. The van der Waals surface area contributed by atoms with Crippen LogP contribution < -0.4 is 10.6 Å². The zero-order valence-corrected chi connectivity index (χ0v) is 12.9. The molecule has 0 radical (unpaired) electrons. The fraction of sp³-hybridized carbons (Fsp3) is 0.188. The van der Waals surface area contributed by atoms with Gasteiger partial charge in [0.1, 0.15) is 5.66 Å². The fourth-order valence-corrected chi connectivity index (χ4v) is 3.67. The lowest BCUT2D eigenvalue weighted by atomic mass is 9.88. The number of amides is 2. The van der Waals surface area contributed by atoms with E-state index < -0.39 is 5.66 Å². The van der Waals surface area contributed by atoms with Crippen LogP contribution in [-0.2, 0) is 5.66 Å². The fourth-order valence-electron chi connectivity index (χ4n) is 3.31.